The molecule has 0 fully saturated rings. The number of para-hydroxylation sites is 1. The topological polar surface area (TPSA) is 30.9 Å². The van der Waals surface area contributed by atoms with Crippen LogP contribution in [-0.4, -0.2) is 11.1 Å². The smallest absolute Gasteiger partial charge is 0.0486 e. The van der Waals surface area contributed by atoms with Crippen LogP contribution in [-0.2, 0) is 7.05 Å². The van der Waals surface area contributed by atoms with E-state index >= 15 is 0 Å². The molecule has 2 N–H and O–H groups in total. The summed E-state index contributed by atoms with van der Waals surface area (Å²) in [7, 11) is 2.14. The maximum Gasteiger partial charge on any atom is 0.0486 e. The highest BCUT2D eigenvalue weighted by Gasteiger charge is 2.16. The van der Waals surface area contributed by atoms with Gasteiger partial charge in [0.15, 0.2) is 0 Å². The zero-order valence-corrected chi connectivity index (χ0v) is 12.4. The van der Waals surface area contributed by atoms with E-state index in [1.54, 1.807) is 0 Å². The largest absolute Gasteiger partial charge is 0.347 e. The fourth-order valence-electron chi connectivity index (χ4n) is 2.75. The van der Waals surface area contributed by atoms with Crippen LogP contribution in [0.15, 0.2) is 30.3 Å². The summed E-state index contributed by atoms with van der Waals surface area (Å²) in [6.45, 7) is 7.42. The molecule has 0 atom stereocenters. The first-order valence-electron chi connectivity index (χ1n) is 7.02. The number of nitrogens with two attached hydrogens (primary N) is 1. The van der Waals surface area contributed by atoms with Gasteiger partial charge in [-0.15, -0.1) is 0 Å². The van der Waals surface area contributed by atoms with Crippen molar-refractivity contribution in [1.29, 1.82) is 0 Å². The molecule has 2 nitrogen and oxygen atoms in total. The molecule has 2 rings (SSSR count). The number of aryl methyl sites for hydroxylation is 1. The van der Waals surface area contributed by atoms with Crippen LogP contribution < -0.4 is 5.73 Å². The molecule has 1 aromatic heterocycles. The van der Waals surface area contributed by atoms with Crippen LogP contribution in [0.25, 0.3) is 16.5 Å². The van der Waals surface area contributed by atoms with Gasteiger partial charge in [-0.3, -0.25) is 0 Å². The molecule has 19 heavy (non-hydrogen) atoms. The fourth-order valence-corrected chi connectivity index (χ4v) is 2.75. The predicted octanol–water partition coefficient (Wildman–Crippen LogP) is 3.87. The van der Waals surface area contributed by atoms with Gasteiger partial charge < -0.3 is 10.3 Å². The lowest BCUT2D eigenvalue weighted by molar-refractivity contribution is 0.840. The number of aromatic nitrogens is 1. The van der Waals surface area contributed by atoms with Crippen molar-refractivity contribution >= 4 is 16.5 Å². The van der Waals surface area contributed by atoms with E-state index in [2.05, 4.69) is 62.7 Å². The number of hydrogen-bond acceptors (Lipinski definition) is 1. The normalized spacial score (nSPS) is 12.6. The van der Waals surface area contributed by atoms with Crippen molar-refractivity contribution in [2.75, 3.05) is 6.54 Å². The molecule has 102 valence electrons. The molecule has 0 bridgehead atoms. The van der Waals surface area contributed by atoms with E-state index in [1.807, 2.05) is 0 Å². The number of rotatable bonds is 4. The lowest BCUT2D eigenvalue weighted by Gasteiger charge is -2.13. The average molecular weight is 256 g/mol. The highest BCUT2D eigenvalue weighted by Crippen LogP contribution is 2.34. The Morgan fingerprint density at radius 1 is 1.32 bits per heavy atom. The lowest BCUT2D eigenvalue weighted by Crippen LogP contribution is -2.00. The molecule has 0 aliphatic rings. The van der Waals surface area contributed by atoms with Crippen molar-refractivity contribution in [2.24, 2.45) is 18.7 Å². The molecule has 0 aliphatic heterocycles. The molecule has 2 aromatic rings. The fraction of sp³-hybridized carbons (Fsp3) is 0.412. The number of fused-ring (bicyclic) bond motifs is 1. The molecule has 0 radical (unpaired) electrons. The SMILES string of the molecule is Cc1c(/C(=C/CCN)C(C)C)c2ccccc2n1C. The van der Waals surface area contributed by atoms with Crippen LogP contribution in [0.5, 0.6) is 0 Å². The average Bonchev–Trinajstić information content (AvgIpc) is 2.64. The van der Waals surface area contributed by atoms with Gasteiger partial charge in [-0.05, 0) is 37.4 Å². The minimum absolute atomic E-state index is 0.510. The second kappa shape index (κ2) is 5.62. The summed E-state index contributed by atoms with van der Waals surface area (Å²) < 4.78 is 2.28. The van der Waals surface area contributed by atoms with Gasteiger partial charge in [-0.2, -0.15) is 0 Å². The summed E-state index contributed by atoms with van der Waals surface area (Å²) in [5.41, 5.74) is 11.1. The lowest BCUT2D eigenvalue weighted by atomic mass is 9.92. The number of hydrogen-bond donors (Lipinski definition) is 1. The zero-order chi connectivity index (χ0) is 14.0. The maximum absolute atomic E-state index is 5.66. The molecule has 1 aromatic carbocycles. The Hall–Kier alpha value is -1.54. The minimum Gasteiger partial charge on any atom is -0.347 e. The van der Waals surface area contributed by atoms with Crippen molar-refractivity contribution in [3.05, 3.63) is 41.6 Å². The van der Waals surface area contributed by atoms with Gasteiger partial charge in [0, 0.05) is 29.2 Å². The van der Waals surface area contributed by atoms with E-state index in [9.17, 15) is 0 Å². The molecule has 2 heteroatoms. The second-order valence-corrected chi connectivity index (χ2v) is 5.43. The van der Waals surface area contributed by atoms with Crippen LogP contribution in [0.3, 0.4) is 0 Å². The first kappa shape index (κ1) is 13.9. The van der Waals surface area contributed by atoms with E-state index in [0.29, 0.717) is 12.5 Å². The van der Waals surface area contributed by atoms with E-state index in [4.69, 9.17) is 5.73 Å². The van der Waals surface area contributed by atoms with Crippen LogP contribution >= 0.6 is 0 Å². The van der Waals surface area contributed by atoms with Crippen molar-refractivity contribution in [3.63, 3.8) is 0 Å². The summed E-state index contributed by atoms with van der Waals surface area (Å²) in [6.07, 6.45) is 3.25. The Bertz CT molecular complexity index is 603. The van der Waals surface area contributed by atoms with Gasteiger partial charge in [0.2, 0.25) is 0 Å². The van der Waals surface area contributed by atoms with Gasteiger partial charge in [-0.25, -0.2) is 0 Å². The van der Waals surface area contributed by atoms with Crippen LogP contribution in [0, 0.1) is 12.8 Å². The third-order valence-electron chi connectivity index (χ3n) is 3.84. The quantitative estimate of drug-likeness (QED) is 0.884. The van der Waals surface area contributed by atoms with Crippen LogP contribution in [0.4, 0.5) is 0 Å². The molecule has 0 saturated carbocycles. The standard InChI is InChI=1S/C17H24N2/c1-12(2)14(9-7-11-18)17-13(3)19(4)16-10-6-5-8-15(16)17/h5-6,8-10,12H,7,11,18H2,1-4H3/b14-9+. The summed E-state index contributed by atoms with van der Waals surface area (Å²) >= 11 is 0. The number of nitrogens with zero attached hydrogens (tertiary/aromatic N) is 1. The summed E-state index contributed by atoms with van der Waals surface area (Å²) in [4.78, 5) is 0. The number of allylic oxidation sites excluding steroid dienone is 1. The van der Waals surface area contributed by atoms with E-state index < -0.39 is 0 Å². The Morgan fingerprint density at radius 3 is 2.63 bits per heavy atom. The van der Waals surface area contributed by atoms with Crippen LogP contribution in [0.2, 0.25) is 0 Å². The Labute approximate surface area is 115 Å². The number of benzene rings is 1. The molecule has 0 saturated heterocycles. The van der Waals surface area contributed by atoms with Gasteiger partial charge in [0.05, 0.1) is 0 Å². The van der Waals surface area contributed by atoms with E-state index in [0.717, 1.165) is 6.42 Å². The monoisotopic (exact) mass is 256 g/mol. The third-order valence-corrected chi connectivity index (χ3v) is 3.84. The Balaban J connectivity index is 2.69. The first-order valence-corrected chi connectivity index (χ1v) is 7.02. The molecular formula is C17H24N2. The first-order chi connectivity index (χ1) is 9.07. The Kier molecular flexibility index (Phi) is 4.11. The minimum atomic E-state index is 0.510. The molecule has 0 aliphatic carbocycles. The van der Waals surface area contributed by atoms with Gasteiger partial charge in [0.25, 0.3) is 0 Å². The van der Waals surface area contributed by atoms with Crippen molar-refractivity contribution < 1.29 is 0 Å². The van der Waals surface area contributed by atoms with Crippen molar-refractivity contribution in [1.82, 2.24) is 4.57 Å². The van der Waals surface area contributed by atoms with Crippen LogP contribution in [0.1, 0.15) is 31.5 Å². The van der Waals surface area contributed by atoms with Gasteiger partial charge in [-0.1, -0.05) is 38.1 Å². The highest BCUT2D eigenvalue weighted by atomic mass is 14.9. The van der Waals surface area contributed by atoms with Crippen molar-refractivity contribution in [3.8, 4) is 0 Å². The highest BCUT2D eigenvalue weighted by molar-refractivity contribution is 5.95. The second-order valence-electron chi connectivity index (χ2n) is 5.43. The third kappa shape index (κ3) is 2.45. The zero-order valence-electron chi connectivity index (χ0n) is 12.4. The maximum atomic E-state index is 5.66. The summed E-state index contributed by atoms with van der Waals surface area (Å²) in [5.74, 6) is 0.510. The summed E-state index contributed by atoms with van der Waals surface area (Å²) in [5, 5.41) is 1.35. The van der Waals surface area contributed by atoms with Gasteiger partial charge in [0.1, 0.15) is 0 Å². The summed E-state index contributed by atoms with van der Waals surface area (Å²) in [6, 6.07) is 8.62. The Morgan fingerprint density at radius 2 is 2.00 bits per heavy atom. The molecule has 0 spiro atoms. The predicted molar refractivity (Wildman–Crippen MR) is 84.1 cm³/mol. The molecule has 0 unspecified atom stereocenters. The van der Waals surface area contributed by atoms with Gasteiger partial charge >= 0.3 is 0 Å². The molecular weight excluding hydrogens is 232 g/mol. The van der Waals surface area contributed by atoms with E-state index in [1.165, 1.54) is 27.7 Å². The van der Waals surface area contributed by atoms with Crippen molar-refractivity contribution in [2.45, 2.75) is 27.2 Å². The molecule has 0 amide bonds. The molecule has 1 heterocycles. The van der Waals surface area contributed by atoms with E-state index in [-0.39, 0.29) is 0 Å².